The molecular weight excluding hydrogens is 204 g/mol. The Hall–Kier alpha value is -1.55. The lowest BCUT2D eigenvalue weighted by Gasteiger charge is -2.17. The van der Waals surface area contributed by atoms with Crippen molar-refractivity contribution in [2.45, 2.75) is 13.3 Å². The van der Waals surface area contributed by atoms with Crippen molar-refractivity contribution in [1.82, 2.24) is 0 Å². The molecule has 0 saturated carbocycles. The van der Waals surface area contributed by atoms with E-state index in [1.807, 2.05) is 19.1 Å². The largest absolute Gasteiger partial charge is 0.399 e. The molecule has 0 saturated heterocycles. The van der Waals surface area contributed by atoms with E-state index < -0.39 is 0 Å². The van der Waals surface area contributed by atoms with E-state index in [4.69, 9.17) is 10.5 Å². The van der Waals surface area contributed by atoms with Crippen LogP contribution in [0.3, 0.4) is 0 Å². The number of hydrogen-bond donors (Lipinski definition) is 1. The topological polar surface area (TPSA) is 55.6 Å². The predicted octanol–water partition coefficient (Wildman–Crippen LogP) is 1.66. The first-order valence-electron chi connectivity index (χ1n) is 5.35. The molecule has 4 heteroatoms. The van der Waals surface area contributed by atoms with Crippen LogP contribution in [0.2, 0.25) is 0 Å². The van der Waals surface area contributed by atoms with Crippen molar-refractivity contribution in [1.29, 1.82) is 0 Å². The molecule has 16 heavy (non-hydrogen) atoms. The Kier molecular flexibility index (Phi) is 4.79. The van der Waals surface area contributed by atoms with Crippen molar-refractivity contribution < 1.29 is 9.53 Å². The fourth-order valence-electron chi connectivity index (χ4n) is 1.35. The third-order valence-corrected chi connectivity index (χ3v) is 2.30. The number of amides is 1. The molecular formula is C12H18N2O2. The lowest BCUT2D eigenvalue weighted by Crippen LogP contribution is -2.27. The fraction of sp³-hybridized carbons (Fsp3) is 0.417. The van der Waals surface area contributed by atoms with Crippen LogP contribution in [-0.2, 0) is 9.53 Å². The van der Waals surface area contributed by atoms with Gasteiger partial charge in [0.2, 0.25) is 5.91 Å². The van der Waals surface area contributed by atoms with Crippen LogP contribution in [0.15, 0.2) is 24.3 Å². The van der Waals surface area contributed by atoms with E-state index in [1.54, 1.807) is 24.1 Å². The first kappa shape index (κ1) is 12.5. The second kappa shape index (κ2) is 6.12. The highest BCUT2D eigenvalue weighted by molar-refractivity contribution is 5.93. The standard InChI is InChI=1S/C12H18N2O2/c1-3-16-8-7-12(15)14(2)11-6-4-5-10(13)9-11/h4-6,9H,3,7-8,13H2,1-2H3. The summed E-state index contributed by atoms with van der Waals surface area (Å²) in [5.74, 6) is 0.0269. The van der Waals surface area contributed by atoms with Gasteiger partial charge in [-0.25, -0.2) is 0 Å². The number of ether oxygens (including phenoxy) is 1. The van der Waals surface area contributed by atoms with Crippen molar-refractivity contribution in [2.75, 3.05) is 30.9 Å². The number of nitrogens with zero attached hydrogens (tertiary/aromatic N) is 1. The average Bonchev–Trinajstić information content (AvgIpc) is 2.28. The van der Waals surface area contributed by atoms with E-state index in [0.717, 1.165) is 5.69 Å². The molecule has 0 aliphatic rings. The summed E-state index contributed by atoms with van der Waals surface area (Å²) >= 11 is 0. The van der Waals surface area contributed by atoms with Crippen molar-refractivity contribution in [3.8, 4) is 0 Å². The predicted molar refractivity (Wildman–Crippen MR) is 65.4 cm³/mol. The van der Waals surface area contributed by atoms with E-state index in [2.05, 4.69) is 0 Å². The van der Waals surface area contributed by atoms with Crippen LogP contribution < -0.4 is 10.6 Å². The fourth-order valence-corrected chi connectivity index (χ4v) is 1.35. The number of carbonyl (C=O) groups excluding carboxylic acids is 1. The summed E-state index contributed by atoms with van der Waals surface area (Å²) in [6.07, 6.45) is 0.388. The molecule has 4 nitrogen and oxygen atoms in total. The van der Waals surface area contributed by atoms with Gasteiger partial charge in [-0.2, -0.15) is 0 Å². The van der Waals surface area contributed by atoms with Gasteiger partial charge in [0.1, 0.15) is 0 Å². The molecule has 1 aromatic rings. The third-order valence-electron chi connectivity index (χ3n) is 2.30. The molecule has 0 aromatic heterocycles. The van der Waals surface area contributed by atoms with Gasteiger partial charge in [-0.05, 0) is 25.1 Å². The molecule has 1 rings (SSSR count). The Balaban J connectivity index is 2.56. The summed E-state index contributed by atoms with van der Waals surface area (Å²) in [7, 11) is 1.74. The zero-order chi connectivity index (χ0) is 12.0. The van der Waals surface area contributed by atoms with Crippen LogP contribution in [0.4, 0.5) is 11.4 Å². The molecule has 0 fully saturated rings. The smallest absolute Gasteiger partial charge is 0.229 e. The van der Waals surface area contributed by atoms with Crippen LogP contribution in [-0.4, -0.2) is 26.2 Å². The Labute approximate surface area is 96.0 Å². The number of benzene rings is 1. The van der Waals surface area contributed by atoms with E-state index in [9.17, 15) is 4.79 Å². The molecule has 2 N–H and O–H groups in total. The summed E-state index contributed by atoms with van der Waals surface area (Å²) in [5, 5.41) is 0. The monoisotopic (exact) mass is 222 g/mol. The zero-order valence-corrected chi connectivity index (χ0v) is 9.77. The second-order valence-electron chi connectivity index (χ2n) is 3.49. The van der Waals surface area contributed by atoms with Crippen molar-refractivity contribution in [2.24, 2.45) is 0 Å². The van der Waals surface area contributed by atoms with Gasteiger partial charge in [0, 0.05) is 25.0 Å². The zero-order valence-electron chi connectivity index (χ0n) is 9.77. The molecule has 0 radical (unpaired) electrons. The van der Waals surface area contributed by atoms with Gasteiger partial charge in [0.15, 0.2) is 0 Å². The molecule has 0 heterocycles. The van der Waals surface area contributed by atoms with E-state index in [-0.39, 0.29) is 5.91 Å². The molecule has 1 amide bonds. The van der Waals surface area contributed by atoms with Crippen LogP contribution in [0.1, 0.15) is 13.3 Å². The van der Waals surface area contributed by atoms with Crippen molar-refractivity contribution in [3.05, 3.63) is 24.3 Å². The lowest BCUT2D eigenvalue weighted by atomic mass is 10.2. The van der Waals surface area contributed by atoms with Gasteiger partial charge in [-0.3, -0.25) is 4.79 Å². The van der Waals surface area contributed by atoms with Gasteiger partial charge in [0.25, 0.3) is 0 Å². The summed E-state index contributed by atoms with van der Waals surface area (Å²) < 4.78 is 5.14. The van der Waals surface area contributed by atoms with Gasteiger partial charge >= 0.3 is 0 Å². The normalized spacial score (nSPS) is 10.1. The van der Waals surface area contributed by atoms with E-state index in [0.29, 0.717) is 25.3 Å². The summed E-state index contributed by atoms with van der Waals surface area (Å²) in [5.41, 5.74) is 7.12. The Morgan fingerprint density at radius 3 is 2.88 bits per heavy atom. The highest BCUT2D eigenvalue weighted by Crippen LogP contribution is 2.16. The number of nitrogens with two attached hydrogens (primary N) is 1. The van der Waals surface area contributed by atoms with Gasteiger partial charge < -0.3 is 15.4 Å². The summed E-state index contributed by atoms with van der Waals surface area (Å²) in [6, 6.07) is 7.26. The second-order valence-corrected chi connectivity index (χ2v) is 3.49. The first-order valence-corrected chi connectivity index (χ1v) is 5.35. The molecule has 0 aliphatic heterocycles. The summed E-state index contributed by atoms with van der Waals surface area (Å²) in [4.78, 5) is 13.3. The number of carbonyl (C=O) groups is 1. The minimum atomic E-state index is 0.0269. The SMILES string of the molecule is CCOCCC(=O)N(C)c1cccc(N)c1. The van der Waals surface area contributed by atoms with Crippen LogP contribution >= 0.6 is 0 Å². The highest BCUT2D eigenvalue weighted by Gasteiger charge is 2.10. The van der Waals surface area contributed by atoms with Crippen LogP contribution in [0.25, 0.3) is 0 Å². The molecule has 1 aromatic carbocycles. The summed E-state index contributed by atoms with van der Waals surface area (Å²) in [6.45, 7) is 3.00. The number of nitrogen functional groups attached to an aromatic ring is 1. The first-order chi connectivity index (χ1) is 7.65. The Bertz CT molecular complexity index is 353. The quantitative estimate of drug-likeness (QED) is 0.609. The maximum atomic E-state index is 11.7. The van der Waals surface area contributed by atoms with Crippen LogP contribution in [0, 0.1) is 0 Å². The van der Waals surface area contributed by atoms with Gasteiger partial charge in [0.05, 0.1) is 13.0 Å². The van der Waals surface area contributed by atoms with Gasteiger partial charge in [-0.1, -0.05) is 6.07 Å². The third kappa shape index (κ3) is 3.55. The number of anilines is 2. The minimum Gasteiger partial charge on any atom is -0.399 e. The van der Waals surface area contributed by atoms with Crippen molar-refractivity contribution >= 4 is 17.3 Å². The van der Waals surface area contributed by atoms with Crippen LogP contribution in [0.5, 0.6) is 0 Å². The molecule has 0 bridgehead atoms. The highest BCUT2D eigenvalue weighted by atomic mass is 16.5. The minimum absolute atomic E-state index is 0.0269. The number of rotatable bonds is 5. The molecule has 0 atom stereocenters. The maximum absolute atomic E-state index is 11.7. The molecule has 0 aliphatic carbocycles. The molecule has 88 valence electrons. The maximum Gasteiger partial charge on any atom is 0.229 e. The van der Waals surface area contributed by atoms with Crippen molar-refractivity contribution in [3.63, 3.8) is 0 Å². The Morgan fingerprint density at radius 2 is 2.25 bits per heavy atom. The molecule has 0 spiro atoms. The van der Waals surface area contributed by atoms with E-state index >= 15 is 0 Å². The molecule has 0 unspecified atom stereocenters. The average molecular weight is 222 g/mol. The Morgan fingerprint density at radius 1 is 1.50 bits per heavy atom. The number of hydrogen-bond acceptors (Lipinski definition) is 3. The lowest BCUT2D eigenvalue weighted by molar-refractivity contribution is -0.119. The van der Waals surface area contributed by atoms with E-state index in [1.165, 1.54) is 0 Å². The van der Waals surface area contributed by atoms with Gasteiger partial charge in [-0.15, -0.1) is 0 Å².